The molecule has 57 valence electrons. The summed E-state index contributed by atoms with van der Waals surface area (Å²) in [5.74, 6) is 0.622. The van der Waals surface area contributed by atoms with Gasteiger partial charge in [-0.15, -0.1) is 0 Å². The summed E-state index contributed by atoms with van der Waals surface area (Å²) in [6, 6.07) is 0. The van der Waals surface area contributed by atoms with Crippen LogP contribution in [0, 0.1) is 0 Å². The lowest BCUT2D eigenvalue weighted by Crippen LogP contribution is -1.82. The predicted molar refractivity (Wildman–Crippen MR) is 39.6 cm³/mol. The van der Waals surface area contributed by atoms with Gasteiger partial charge in [-0.3, -0.25) is 5.11 Å². The van der Waals surface area contributed by atoms with E-state index in [2.05, 4.69) is 6.58 Å². The van der Waals surface area contributed by atoms with E-state index in [-0.39, 0.29) is 5.76 Å². The van der Waals surface area contributed by atoms with Gasteiger partial charge in [0.05, 0.1) is 5.76 Å². The first-order valence-corrected chi connectivity index (χ1v) is 3.41. The van der Waals surface area contributed by atoms with Gasteiger partial charge in [0.15, 0.2) is 5.76 Å². The van der Waals surface area contributed by atoms with Crippen molar-refractivity contribution in [1.29, 1.82) is 0 Å². The molecular weight excluding hydrogens is 128 g/mol. The molecule has 0 saturated carbocycles. The van der Waals surface area contributed by atoms with Gasteiger partial charge < -0.3 is 4.74 Å². The van der Waals surface area contributed by atoms with E-state index in [9.17, 15) is 5.11 Å². The first kappa shape index (κ1) is 9.08. The Bertz CT molecular complexity index is 136. The number of rotatable bonds is 4. The van der Waals surface area contributed by atoms with Crippen molar-refractivity contribution >= 4 is 0 Å². The summed E-state index contributed by atoms with van der Waals surface area (Å²) in [4.78, 5) is 0. The van der Waals surface area contributed by atoms with E-state index >= 15 is 0 Å². The summed E-state index contributed by atoms with van der Waals surface area (Å²) in [7, 11) is 0. The van der Waals surface area contributed by atoms with Crippen molar-refractivity contribution in [3.63, 3.8) is 0 Å². The van der Waals surface area contributed by atoms with Crippen LogP contribution in [0.1, 0.15) is 26.7 Å². The fourth-order valence-electron chi connectivity index (χ4n) is 0.316. The molecule has 0 heterocycles. The maximum absolute atomic E-state index is 10.6. The Hall–Kier alpha value is -0.920. The Kier molecular flexibility index (Phi) is 4.46. The van der Waals surface area contributed by atoms with Crippen LogP contribution in [-0.4, -0.2) is 0 Å². The second-order valence-electron chi connectivity index (χ2n) is 1.95. The highest BCUT2D eigenvalue weighted by Crippen LogP contribution is 2.03. The van der Waals surface area contributed by atoms with Crippen LogP contribution in [0.4, 0.5) is 0 Å². The molecule has 0 aromatic heterocycles. The lowest BCUT2D eigenvalue weighted by atomic mass is 10.4. The van der Waals surface area contributed by atoms with E-state index < -0.39 is 0 Å². The zero-order valence-electron chi connectivity index (χ0n) is 6.52. The Morgan fingerprint density at radius 3 is 2.50 bits per heavy atom. The first-order valence-electron chi connectivity index (χ1n) is 3.41. The molecule has 0 rings (SSSR count). The summed E-state index contributed by atoms with van der Waals surface area (Å²) < 4.78 is 4.87. The molecule has 0 aliphatic rings. The van der Waals surface area contributed by atoms with Crippen LogP contribution < -0.4 is 0 Å². The molecule has 0 aromatic rings. The Labute approximate surface area is 61.8 Å². The summed E-state index contributed by atoms with van der Waals surface area (Å²) >= 11 is 0. The Balaban J connectivity index is 3.61. The van der Waals surface area contributed by atoms with Gasteiger partial charge in [0.2, 0.25) is 0 Å². The van der Waals surface area contributed by atoms with Crippen LogP contribution in [0.2, 0.25) is 0 Å². The van der Waals surface area contributed by atoms with Crippen molar-refractivity contribution < 1.29 is 9.84 Å². The number of hydrogen-bond acceptors (Lipinski definition) is 1. The highest BCUT2D eigenvalue weighted by atomic mass is 16.5. The minimum Gasteiger partial charge on any atom is -0.466 e. The van der Waals surface area contributed by atoms with Crippen LogP contribution >= 0.6 is 0 Å². The molecule has 0 saturated heterocycles. The largest absolute Gasteiger partial charge is 0.466 e. The molecule has 2 heteroatoms. The molecule has 0 unspecified atom stereocenters. The maximum Gasteiger partial charge on any atom is 0.190 e. The highest BCUT2D eigenvalue weighted by molar-refractivity contribution is 4.89. The lowest BCUT2D eigenvalue weighted by Gasteiger charge is -1.98. The molecule has 0 aromatic carbocycles. The molecule has 2 nitrogen and oxygen atoms in total. The van der Waals surface area contributed by atoms with Crippen LogP contribution in [0.3, 0.4) is 0 Å². The fraction of sp³-hybridized carbons (Fsp3) is 0.500. The van der Waals surface area contributed by atoms with Gasteiger partial charge in [0.1, 0.15) is 6.26 Å². The van der Waals surface area contributed by atoms with E-state index in [0.717, 1.165) is 6.42 Å². The average Bonchev–Trinajstić information content (AvgIpc) is 1.99. The van der Waals surface area contributed by atoms with Gasteiger partial charge in [-0.25, -0.2) is 0 Å². The second kappa shape index (κ2) is 4.91. The molecule has 0 fully saturated rings. The van der Waals surface area contributed by atoms with Crippen molar-refractivity contribution in [2.75, 3.05) is 0 Å². The normalized spacial score (nSPS) is 11.2. The average molecular weight is 141 g/mol. The third-order valence-corrected chi connectivity index (χ3v) is 1.10. The maximum atomic E-state index is 10.6. The molecule has 10 heavy (non-hydrogen) atoms. The Morgan fingerprint density at radius 2 is 2.10 bits per heavy atom. The van der Waals surface area contributed by atoms with Crippen LogP contribution in [0.5, 0.6) is 0 Å². The zero-order valence-corrected chi connectivity index (χ0v) is 6.52. The molecule has 0 amide bonds. The number of hydrogen-bond donors (Lipinski definition) is 0. The molecule has 0 spiro atoms. The van der Waals surface area contributed by atoms with E-state index in [4.69, 9.17) is 4.74 Å². The molecule has 0 bridgehead atoms. The minimum absolute atomic E-state index is 0.00500. The second-order valence-corrected chi connectivity index (χ2v) is 1.95. The van der Waals surface area contributed by atoms with Crippen LogP contribution in [0.15, 0.2) is 24.4 Å². The molecule has 0 atom stereocenters. The third-order valence-electron chi connectivity index (χ3n) is 1.10. The van der Waals surface area contributed by atoms with Crippen molar-refractivity contribution in [2.24, 2.45) is 0 Å². The molecule has 0 N–H and O–H groups in total. The van der Waals surface area contributed by atoms with Gasteiger partial charge in [0.25, 0.3) is 0 Å². The van der Waals surface area contributed by atoms with Crippen molar-refractivity contribution in [1.82, 2.24) is 0 Å². The zero-order chi connectivity index (χ0) is 7.98. The highest BCUT2D eigenvalue weighted by Gasteiger charge is 1.91. The first-order chi connectivity index (χ1) is 4.70. The minimum atomic E-state index is -0.00500. The quantitative estimate of drug-likeness (QED) is 0.553. The van der Waals surface area contributed by atoms with Gasteiger partial charge in [-0.1, -0.05) is 20.4 Å². The van der Waals surface area contributed by atoms with Gasteiger partial charge in [-0.05, 0) is 0 Å². The van der Waals surface area contributed by atoms with Gasteiger partial charge in [-0.2, -0.15) is 0 Å². The van der Waals surface area contributed by atoms with Crippen LogP contribution in [-0.2, 0) is 9.84 Å². The van der Waals surface area contributed by atoms with Crippen molar-refractivity contribution in [3.8, 4) is 0 Å². The van der Waals surface area contributed by atoms with Crippen molar-refractivity contribution in [3.05, 3.63) is 24.4 Å². The molecule has 1 radical (unpaired) electrons. The topological polar surface area (TPSA) is 29.1 Å². The van der Waals surface area contributed by atoms with Gasteiger partial charge >= 0.3 is 0 Å². The van der Waals surface area contributed by atoms with Crippen LogP contribution in [0.25, 0.3) is 0 Å². The summed E-state index contributed by atoms with van der Waals surface area (Å²) in [5, 5.41) is 10.6. The predicted octanol–water partition coefficient (Wildman–Crippen LogP) is 2.61. The Morgan fingerprint density at radius 1 is 1.50 bits per heavy atom. The van der Waals surface area contributed by atoms with Crippen molar-refractivity contribution in [2.45, 2.75) is 26.7 Å². The molecule has 0 aliphatic carbocycles. The fourth-order valence-corrected chi connectivity index (χ4v) is 0.316. The summed E-state index contributed by atoms with van der Waals surface area (Å²) in [6.07, 6.45) is 2.44. The van der Waals surface area contributed by atoms with E-state index in [1.165, 1.54) is 6.26 Å². The monoisotopic (exact) mass is 141 g/mol. The number of allylic oxidation sites excluding steroid dienone is 2. The van der Waals surface area contributed by atoms with E-state index in [1.807, 2.05) is 6.92 Å². The van der Waals surface area contributed by atoms with Gasteiger partial charge in [0, 0.05) is 12.8 Å². The summed E-state index contributed by atoms with van der Waals surface area (Å²) in [5.41, 5.74) is 0. The molecular formula is C8H13O2. The summed E-state index contributed by atoms with van der Waals surface area (Å²) in [6.45, 7) is 7.29. The third kappa shape index (κ3) is 4.01. The van der Waals surface area contributed by atoms with E-state index in [1.54, 1.807) is 6.92 Å². The smallest absolute Gasteiger partial charge is 0.190 e. The molecule has 0 aliphatic heterocycles. The lowest BCUT2D eigenvalue weighted by molar-refractivity contribution is 0.243. The SMILES string of the molecule is C=C(CC)OC=C([O])CC. The van der Waals surface area contributed by atoms with E-state index in [0.29, 0.717) is 12.2 Å². The number of ether oxygens (including phenoxy) is 1. The standard InChI is InChI=1S/C8H13O2/c1-4-7(3)10-6-8(9)5-2/h6H,3-5H2,1-2H3.